The van der Waals surface area contributed by atoms with E-state index in [0.717, 1.165) is 56.3 Å². The molecule has 23 heavy (non-hydrogen) atoms. The molecule has 1 saturated heterocycles. The molecule has 4 heterocycles. The first kappa shape index (κ1) is 14.7. The molecule has 1 fully saturated rings. The molecule has 1 N–H and O–H groups in total. The molecule has 1 amide bonds. The van der Waals surface area contributed by atoms with Crippen molar-refractivity contribution in [2.24, 2.45) is 5.92 Å². The third-order valence-corrected chi connectivity index (χ3v) is 5.60. The Morgan fingerprint density at radius 3 is 3.09 bits per heavy atom. The van der Waals surface area contributed by atoms with Crippen molar-refractivity contribution < 1.29 is 4.79 Å². The number of rotatable bonds is 3. The van der Waals surface area contributed by atoms with Crippen molar-refractivity contribution in [2.45, 2.75) is 38.3 Å². The van der Waals surface area contributed by atoms with E-state index in [1.807, 2.05) is 24.0 Å². The molecule has 6 nitrogen and oxygen atoms in total. The Labute approximate surface area is 139 Å². The van der Waals surface area contributed by atoms with Crippen LogP contribution in [-0.4, -0.2) is 39.6 Å². The summed E-state index contributed by atoms with van der Waals surface area (Å²) in [6.45, 7) is 2.62. The monoisotopic (exact) mass is 331 g/mol. The Hall–Kier alpha value is -1.89. The Balaban J connectivity index is 1.36. The number of hydrogen-bond donors (Lipinski definition) is 1. The number of carbonyl (C=O) groups is 1. The molecule has 2 aliphatic heterocycles. The Morgan fingerprint density at radius 1 is 1.26 bits per heavy atom. The first-order chi connectivity index (χ1) is 11.3. The van der Waals surface area contributed by atoms with Gasteiger partial charge in [-0.15, -0.1) is 11.3 Å². The van der Waals surface area contributed by atoms with Crippen molar-refractivity contribution in [1.82, 2.24) is 19.9 Å². The average Bonchev–Trinajstić information content (AvgIpc) is 3.26. The van der Waals surface area contributed by atoms with E-state index in [1.165, 1.54) is 0 Å². The zero-order valence-electron chi connectivity index (χ0n) is 13.0. The predicted octanol–water partition coefficient (Wildman–Crippen LogP) is 1.69. The third-order valence-electron chi connectivity index (χ3n) is 4.76. The minimum atomic E-state index is 0.0665. The summed E-state index contributed by atoms with van der Waals surface area (Å²) in [7, 11) is 0. The van der Waals surface area contributed by atoms with Crippen LogP contribution < -0.4 is 10.2 Å². The average molecular weight is 331 g/mol. The van der Waals surface area contributed by atoms with Crippen molar-refractivity contribution in [2.75, 3.05) is 18.0 Å². The molecule has 2 aromatic rings. The van der Waals surface area contributed by atoms with Crippen LogP contribution in [0.25, 0.3) is 0 Å². The SMILES string of the molecule is O=C(N[C@@H]1CCc2nccn2C1)[C@H]1CCCN(c2nccs2)C1. The quantitative estimate of drug-likeness (QED) is 0.930. The fourth-order valence-electron chi connectivity index (χ4n) is 3.54. The Kier molecular flexibility index (Phi) is 4.03. The van der Waals surface area contributed by atoms with Crippen LogP contribution in [0.4, 0.5) is 5.13 Å². The number of nitrogens with one attached hydrogen (secondary N) is 1. The van der Waals surface area contributed by atoms with Gasteiger partial charge < -0.3 is 14.8 Å². The van der Waals surface area contributed by atoms with Gasteiger partial charge in [-0.2, -0.15) is 0 Å². The zero-order chi connectivity index (χ0) is 15.6. The molecule has 7 heteroatoms. The summed E-state index contributed by atoms with van der Waals surface area (Å²) in [6, 6.07) is 0.222. The van der Waals surface area contributed by atoms with E-state index in [2.05, 4.69) is 24.8 Å². The van der Waals surface area contributed by atoms with E-state index in [1.54, 1.807) is 11.3 Å². The van der Waals surface area contributed by atoms with Gasteiger partial charge in [0.25, 0.3) is 0 Å². The van der Waals surface area contributed by atoms with Gasteiger partial charge in [0, 0.05) is 56.1 Å². The summed E-state index contributed by atoms with van der Waals surface area (Å²) < 4.78 is 2.15. The summed E-state index contributed by atoms with van der Waals surface area (Å²) >= 11 is 1.64. The molecule has 2 aliphatic rings. The number of piperidine rings is 1. The summed E-state index contributed by atoms with van der Waals surface area (Å²) in [6.07, 6.45) is 9.60. The van der Waals surface area contributed by atoms with Crippen molar-refractivity contribution in [1.29, 1.82) is 0 Å². The van der Waals surface area contributed by atoms with Crippen LogP contribution in [0.5, 0.6) is 0 Å². The van der Waals surface area contributed by atoms with Gasteiger partial charge in [-0.1, -0.05) is 0 Å². The molecule has 0 aromatic carbocycles. The Bertz CT molecular complexity index is 668. The largest absolute Gasteiger partial charge is 0.351 e. The molecule has 2 atom stereocenters. The van der Waals surface area contributed by atoms with Gasteiger partial charge in [0.1, 0.15) is 5.82 Å². The second-order valence-electron chi connectivity index (χ2n) is 6.34. The van der Waals surface area contributed by atoms with Crippen LogP contribution in [0.1, 0.15) is 25.1 Å². The normalized spacial score (nSPS) is 24.3. The number of carbonyl (C=O) groups excluding carboxylic acids is 1. The molecule has 0 unspecified atom stereocenters. The number of thiazole rings is 1. The van der Waals surface area contributed by atoms with Gasteiger partial charge in [-0.05, 0) is 19.3 Å². The van der Waals surface area contributed by atoms with Crippen LogP contribution in [0.3, 0.4) is 0 Å². The van der Waals surface area contributed by atoms with Crippen LogP contribution in [0, 0.1) is 5.92 Å². The number of aromatic nitrogens is 3. The molecular formula is C16H21N5OS. The summed E-state index contributed by atoms with van der Waals surface area (Å²) in [5, 5.41) is 6.27. The van der Waals surface area contributed by atoms with E-state index < -0.39 is 0 Å². The van der Waals surface area contributed by atoms with Crippen molar-refractivity contribution in [3.63, 3.8) is 0 Å². The first-order valence-electron chi connectivity index (χ1n) is 8.24. The number of hydrogen-bond acceptors (Lipinski definition) is 5. The van der Waals surface area contributed by atoms with E-state index >= 15 is 0 Å². The highest BCUT2D eigenvalue weighted by atomic mass is 32.1. The minimum Gasteiger partial charge on any atom is -0.351 e. The molecule has 0 radical (unpaired) electrons. The second kappa shape index (κ2) is 6.31. The summed E-state index contributed by atoms with van der Waals surface area (Å²) in [5.74, 6) is 1.39. The van der Waals surface area contributed by atoms with Gasteiger partial charge in [0.2, 0.25) is 5.91 Å². The fourth-order valence-corrected chi connectivity index (χ4v) is 4.22. The number of nitrogens with zero attached hydrogens (tertiary/aromatic N) is 4. The van der Waals surface area contributed by atoms with Crippen molar-refractivity contribution >= 4 is 22.4 Å². The maximum Gasteiger partial charge on any atom is 0.225 e. The third kappa shape index (κ3) is 3.10. The van der Waals surface area contributed by atoms with Crippen LogP contribution in [0.2, 0.25) is 0 Å². The predicted molar refractivity (Wildman–Crippen MR) is 89.5 cm³/mol. The van der Waals surface area contributed by atoms with Crippen LogP contribution in [-0.2, 0) is 17.8 Å². The molecule has 0 saturated carbocycles. The highest BCUT2D eigenvalue weighted by molar-refractivity contribution is 7.13. The number of anilines is 1. The lowest BCUT2D eigenvalue weighted by molar-refractivity contribution is -0.126. The van der Waals surface area contributed by atoms with Gasteiger partial charge >= 0.3 is 0 Å². The van der Waals surface area contributed by atoms with E-state index in [-0.39, 0.29) is 17.9 Å². The molecule has 4 rings (SSSR count). The second-order valence-corrected chi connectivity index (χ2v) is 7.21. The van der Waals surface area contributed by atoms with E-state index in [4.69, 9.17) is 0 Å². The molecule has 0 spiro atoms. The maximum absolute atomic E-state index is 12.7. The van der Waals surface area contributed by atoms with Crippen molar-refractivity contribution in [3.8, 4) is 0 Å². The molecule has 2 aromatic heterocycles. The number of fused-ring (bicyclic) bond motifs is 1. The smallest absolute Gasteiger partial charge is 0.225 e. The van der Waals surface area contributed by atoms with Gasteiger partial charge in [-0.25, -0.2) is 9.97 Å². The Morgan fingerprint density at radius 2 is 2.22 bits per heavy atom. The van der Waals surface area contributed by atoms with E-state index in [9.17, 15) is 4.79 Å². The molecular weight excluding hydrogens is 310 g/mol. The van der Waals surface area contributed by atoms with Gasteiger partial charge in [0.05, 0.1) is 5.92 Å². The zero-order valence-corrected chi connectivity index (χ0v) is 13.8. The lowest BCUT2D eigenvalue weighted by Crippen LogP contribution is -2.48. The van der Waals surface area contributed by atoms with Gasteiger partial charge in [0.15, 0.2) is 5.13 Å². The maximum atomic E-state index is 12.7. The summed E-state index contributed by atoms with van der Waals surface area (Å²) in [4.78, 5) is 23.6. The topological polar surface area (TPSA) is 63.1 Å². The van der Waals surface area contributed by atoms with Crippen LogP contribution in [0.15, 0.2) is 24.0 Å². The number of aryl methyl sites for hydroxylation is 1. The van der Waals surface area contributed by atoms with Crippen molar-refractivity contribution in [3.05, 3.63) is 29.8 Å². The lowest BCUT2D eigenvalue weighted by Gasteiger charge is -2.33. The first-order valence-corrected chi connectivity index (χ1v) is 9.12. The fraction of sp³-hybridized carbons (Fsp3) is 0.562. The lowest BCUT2D eigenvalue weighted by atomic mass is 9.96. The minimum absolute atomic E-state index is 0.0665. The number of amides is 1. The molecule has 122 valence electrons. The summed E-state index contributed by atoms with van der Waals surface area (Å²) in [5.41, 5.74) is 0. The van der Waals surface area contributed by atoms with Gasteiger partial charge in [-0.3, -0.25) is 4.79 Å². The highest BCUT2D eigenvalue weighted by Crippen LogP contribution is 2.25. The van der Waals surface area contributed by atoms with E-state index in [0.29, 0.717) is 0 Å². The molecule has 0 bridgehead atoms. The highest BCUT2D eigenvalue weighted by Gasteiger charge is 2.29. The number of imidazole rings is 1. The standard InChI is InChI=1S/C16H21N5OS/c22-15(19-13-3-4-14-17-5-8-20(14)11-13)12-2-1-7-21(10-12)16-18-6-9-23-16/h5-6,8-9,12-13H,1-4,7,10-11H2,(H,19,22)/t12-,13+/m0/s1. The molecule has 0 aliphatic carbocycles. The van der Waals surface area contributed by atoms with Crippen LogP contribution >= 0.6 is 11.3 Å².